The zero-order valence-corrected chi connectivity index (χ0v) is 15.4. The fourth-order valence-electron chi connectivity index (χ4n) is 3.29. The van der Waals surface area contributed by atoms with Crippen LogP contribution in [0, 0.1) is 18.6 Å². The number of benzene rings is 1. The number of aromatic nitrogens is 5. The minimum atomic E-state index is -2.75. The third-order valence-corrected chi connectivity index (χ3v) is 4.73. The molecule has 0 spiro atoms. The van der Waals surface area contributed by atoms with Crippen molar-refractivity contribution in [2.45, 2.75) is 31.3 Å². The van der Waals surface area contributed by atoms with Gasteiger partial charge in [-0.2, -0.15) is 14.8 Å². The highest BCUT2D eigenvalue weighted by Gasteiger charge is 2.70. The summed E-state index contributed by atoms with van der Waals surface area (Å²) in [5, 5.41) is 19.4. The van der Waals surface area contributed by atoms with E-state index in [1.165, 1.54) is 13.8 Å². The minimum absolute atomic E-state index is 0.119. The average molecular weight is 421 g/mol. The molecule has 13 heteroatoms. The molecular weight excluding hydrogens is 408 g/mol. The molecule has 30 heavy (non-hydrogen) atoms. The molecule has 156 valence electrons. The molecule has 0 amide bonds. The van der Waals surface area contributed by atoms with Crippen LogP contribution in [0.3, 0.4) is 0 Å². The molecule has 1 aliphatic rings. The lowest BCUT2D eigenvalue weighted by Gasteiger charge is -2.42. The number of ether oxygens (including phenoxy) is 2. The Morgan fingerprint density at radius 3 is 2.47 bits per heavy atom. The third kappa shape index (κ3) is 2.66. The number of halogens is 2. The number of carbonyl (C=O) groups excluding carboxylic acids is 2. The first-order valence-corrected chi connectivity index (χ1v) is 8.48. The van der Waals surface area contributed by atoms with Crippen LogP contribution in [0.2, 0.25) is 0 Å². The normalized spacial score (nSPS) is 18.6. The van der Waals surface area contributed by atoms with E-state index >= 15 is 0 Å². The molecule has 3 heterocycles. The van der Waals surface area contributed by atoms with Crippen molar-refractivity contribution in [2.24, 2.45) is 0 Å². The lowest BCUT2D eigenvalue weighted by atomic mass is 9.77. The highest BCUT2D eigenvalue weighted by Crippen LogP contribution is 2.51. The van der Waals surface area contributed by atoms with Crippen LogP contribution in [0.15, 0.2) is 35.4 Å². The summed E-state index contributed by atoms with van der Waals surface area (Å²) in [4.78, 5) is 31.7. The van der Waals surface area contributed by atoms with Gasteiger partial charge in [0.25, 0.3) is 0 Å². The molecule has 0 radical (unpaired) electrons. The zero-order chi connectivity index (χ0) is 21.7. The standard InChI is InChI=1S/C17H13F2N5O6/c1-8(13-22-9(2)30-23-13)16(27,11-4-3-10(18)5-12(11)19)17(24-7-20-6-21-24)28-14(25)15(26)29-17/h3-8,27H,1-2H3. The number of nitrogens with zero attached hydrogens (tertiary/aromatic N) is 5. The molecule has 0 bridgehead atoms. The van der Waals surface area contributed by atoms with Gasteiger partial charge in [-0.25, -0.2) is 23.4 Å². The van der Waals surface area contributed by atoms with E-state index < -0.39 is 46.6 Å². The summed E-state index contributed by atoms with van der Waals surface area (Å²) >= 11 is 0. The molecule has 4 rings (SSSR count). The molecule has 1 aromatic carbocycles. The Morgan fingerprint density at radius 2 is 1.93 bits per heavy atom. The molecule has 1 N–H and O–H groups in total. The Kier molecular flexibility index (Phi) is 4.34. The van der Waals surface area contributed by atoms with Crippen LogP contribution in [0.4, 0.5) is 8.78 Å². The zero-order valence-electron chi connectivity index (χ0n) is 15.4. The molecule has 11 nitrogen and oxygen atoms in total. The Bertz CT molecular complexity index is 1120. The maximum absolute atomic E-state index is 14.9. The fraction of sp³-hybridized carbons (Fsp3) is 0.294. The number of esters is 2. The first-order chi connectivity index (χ1) is 14.2. The monoisotopic (exact) mass is 421 g/mol. The van der Waals surface area contributed by atoms with Gasteiger partial charge < -0.3 is 19.1 Å². The Hall–Kier alpha value is -3.74. The highest BCUT2D eigenvalue weighted by atomic mass is 19.1. The average Bonchev–Trinajstić information content (AvgIpc) is 3.42. The van der Waals surface area contributed by atoms with Crippen molar-refractivity contribution in [3.8, 4) is 0 Å². The second kappa shape index (κ2) is 6.66. The van der Waals surface area contributed by atoms with Gasteiger partial charge in [0.15, 0.2) is 5.82 Å². The topological polar surface area (TPSA) is 142 Å². The summed E-state index contributed by atoms with van der Waals surface area (Å²) in [5.74, 6) is -9.19. The van der Waals surface area contributed by atoms with E-state index in [1.807, 2.05) is 0 Å². The Balaban J connectivity index is 2.03. The number of aryl methyl sites for hydroxylation is 1. The van der Waals surface area contributed by atoms with E-state index in [0.717, 1.165) is 29.5 Å². The molecule has 3 aromatic rings. The van der Waals surface area contributed by atoms with E-state index in [9.17, 15) is 23.5 Å². The van der Waals surface area contributed by atoms with E-state index in [1.54, 1.807) is 0 Å². The second-order valence-electron chi connectivity index (χ2n) is 6.48. The number of hydrogen-bond acceptors (Lipinski definition) is 10. The van der Waals surface area contributed by atoms with Crippen molar-refractivity contribution in [3.63, 3.8) is 0 Å². The van der Waals surface area contributed by atoms with Gasteiger partial charge in [-0.1, -0.05) is 12.1 Å². The molecule has 1 aliphatic heterocycles. The van der Waals surface area contributed by atoms with Crippen molar-refractivity contribution in [1.29, 1.82) is 0 Å². The van der Waals surface area contributed by atoms with Gasteiger partial charge in [-0.05, 0) is 12.1 Å². The van der Waals surface area contributed by atoms with E-state index in [4.69, 9.17) is 14.0 Å². The summed E-state index contributed by atoms with van der Waals surface area (Å²) < 4.78 is 44.3. The predicted molar refractivity (Wildman–Crippen MR) is 87.9 cm³/mol. The number of cyclic esters (lactones) is 2. The first kappa shape index (κ1) is 19.6. The SMILES string of the molecule is Cc1nc(C(C)C(O)(c2ccc(F)cc2F)C2(n3cncn3)OC(=O)C(=O)O2)no1. The van der Waals surface area contributed by atoms with Gasteiger partial charge >= 0.3 is 17.8 Å². The summed E-state index contributed by atoms with van der Waals surface area (Å²) in [6, 6.07) is 2.28. The van der Waals surface area contributed by atoms with Crippen LogP contribution < -0.4 is 0 Å². The van der Waals surface area contributed by atoms with Crippen molar-refractivity contribution in [2.75, 3.05) is 0 Å². The summed E-state index contributed by atoms with van der Waals surface area (Å²) in [5.41, 5.74) is -3.33. The van der Waals surface area contributed by atoms with Crippen LogP contribution in [0.1, 0.15) is 30.1 Å². The molecule has 2 unspecified atom stereocenters. The molecular formula is C17H13F2N5O6. The van der Waals surface area contributed by atoms with Crippen molar-refractivity contribution >= 4 is 11.9 Å². The summed E-state index contributed by atoms with van der Waals surface area (Å²) in [7, 11) is 0. The lowest BCUT2D eigenvalue weighted by Crippen LogP contribution is -2.58. The number of hydrogen-bond donors (Lipinski definition) is 1. The fourth-order valence-corrected chi connectivity index (χ4v) is 3.29. The molecule has 1 fully saturated rings. The van der Waals surface area contributed by atoms with Crippen LogP contribution in [0.25, 0.3) is 0 Å². The highest BCUT2D eigenvalue weighted by molar-refractivity contribution is 6.31. The minimum Gasteiger partial charge on any atom is -0.391 e. The predicted octanol–water partition coefficient (Wildman–Crippen LogP) is 0.650. The number of aliphatic hydroxyl groups is 1. The van der Waals surface area contributed by atoms with Crippen LogP contribution in [-0.4, -0.2) is 42.0 Å². The number of carbonyl (C=O) groups is 2. The Labute approximate surface area is 166 Å². The van der Waals surface area contributed by atoms with E-state index in [2.05, 4.69) is 20.2 Å². The summed E-state index contributed by atoms with van der Waals surface area (Å²) in [6.07, 6.45) is 1.98. The maximum atomic E-state index is 14.9. The van der Waals surface area contributed by atoms with Gasteiger partial charge in [-0.3, -0.25) is 0 Å². The third-order valence-electron chi connectivity index (χ3n) is 4.73. The van der Waals surface area contributed by atoms with Crippen molar-refractivity contribution in [1.82, 2.24) is 24.9 Å². The van der Waals surface area contributed by atoms with Crippen molar-refractivity contribution < 1.29 is 37.5 Å². The molecule has 2 aromatic heterocycles. The first-order valence-electron chi connectivity index (χ1n) is 8.48. The molecule has 0 aliphatic carbocycles. The Morgan fingerprint density at radius 1 is 1.23 bits per heavy atom. The second-order valence-corrected chi connectivity index (χ2v) is 6.48. The van der Waals surface area contributed by atoms with Crippen LogP contribution >= 0.6 is 0 Å². The smallest absolute Gasteiger partial charge is 0.391 e. The van der Waals surface area contributed by atoms with E-state index in [0.29, 0.717) is 6.07 Å². The van der Waals surface area contributed by atoms with Crippen molar-refractivity contribution in [3.05, 3.63) is 59.8 Å². The van der Waals surface area contributed by atoms with Gasteiger partial charge in [0.1, 0.15) is 24.3 Å². The van der Waals surface area contributed by atoms with Crippen LogP contribution in [-0.2, 0) is 30.6 Å². The number of rotatable bonds is 5. The largest absolute Gasteiger partial charge is 0.422 e. The van der Waals surface area contributed by atoms with Gasteiger partial charge in [0, 0.05) is 18.6 Å². The van der Waals surface area contributed by atoms with E-state index in [-0.39, 0.29) is 11.7 Å². The van der Waals surface area contributed by atoms with Gasteiger partial charge in [0.2, 0.25) is 11.5 Å². The van der Waals surface area contributed by atoms with Crippen LogP contribution in [0.5, 0.6) is 0 Å². The summed E-state index contributed by atoms with van der Waals surface area (Å²) in [6.45, 7) is 2.81. The molecule has 0 saturated carbocycles. The quantitative estimate of drug-likeness (QED) is 0.461. The molecule has 1 saturated heterocycles. The molecule has 2 atom stereocenters. The maximum Gasteiger partial charge on any atom is 0.422 e. The van der Waals surface area contributed by atoms with Gasteiger partial charge in [-0.15, -0.1) is 0 Å². The van der Waals surface area contributed by atoms with Gasteiger partial charge in [0.05, 0.1) is 5.92 Å². The lowest BCUT2D eigenvalue weighted by molar-refractivity contribution is -0.330.